The number of aromatic hydroxyl groups is 2. The van der Waals surface area contributed by atoms with E-state index in [-0.39, 0.29) is 66.6 Å². The molecule has 1 saturated heterocycles. The lowest BCUT2D eigenvalue weighted by Gasteiger charge is -2.29. The Morgan fingerprint density at radius 3 is 2.64 bits per heavy atom. The number of aromatic nitrogens is 4. The van der Waals surface area contributed by atoms with Crippen molar-refractivity contribution in [1.29, 1.82) is 0 Å². The second-order valence-corrected chi connectivity index (χ2v) is 12.5. The number of H-pyrrole nitrogens is 1. The first-order valence-electron chi connectivity index (χ1n) is 16.0. The van der Waals surface area contributed by atoms with Crippen LogP contribution in [-0.2, 0) is 27.4 Å². The van der Waals surface area contributed by atoms with E-state index in [4.69, 9.17) is 4.74 Å². The predicted octanol–water partition coefficient (Wildman–Crippen LogP) is 3.73. The van der Waals surface area contributed by atoms with Gasteiger partial charge in [0.05, 0.1) is 17.8 Å². The van der Waals surface area contributed by atoms with Crippen LogP contribution >= 0.6 is 0 Å². The Morgan fingerprint density at radius 2 is 1.86 bits per heavy atom. The number of phenolic OH excluding ortho intramolecular Hbond substituents is 2. The zero-order valence-corrected chi connectivity index (χ0v) is 27.1. The van der Waals surface area contributed by atoms with Crippen LogP contribution in [0.1, 0.15) is 54.1 Å². The number of fused-ring (bicyclic) bond motifs is 2. The van der Waals surface area contributed by atoms with Crippen LogP contribution < -0.4 is 16.3 Å². The number of aromatic amines is 1. The van der Waals surface area contributed by atoms with Gasteiger partial charge in [-0.25, -0.2) is 19.3 Å². The van der Waals surface area contributed by atoms with E-state index in [1.807, 2.05) is 36.7 Å². The molecule has 5 aromatic rings. The van der Waals surface area contributed by atoms with Crippen molar-refractivity contribution in [1.82, 2.24) is 29.5 Å². The summed E-state index contributed by atoms with van der Waals surface area (Å²) in [5.41, 5.74) is 3.03. The summed E-state index contributed by atoms with van der Waals surface area (Å²) >= 11 is 0. The van der Waals surface area contributed by atoms with Crippen molar-refractivity contribution in [2.75, 3.05) is 11.9 Å². The van der Waals surface area contributed by atoms with Gasteiger partial charge in [-0.3, -0.25) is 25.0 Å². The van der Waals surface area contributed by atoms with Gasteiger partial charge in [0.1, 0.15) is 24.1 Å². The second-order valence-electron chi connectivity index (χ2n) is 12.5. The highest BCUT2D eigenvalue weighted by atomic mass is 16.5. The Hall–Kier alpha value is -6.38. The van der Waals surface area contributed by atoms with Gasteiger partial charge in [-0.05, 0) is 60.4 Å². The standard InChI is InChI=1S/C35H33N7O8/c1-18(2)22-15-23(29(44)16-28(22)43)31-38-39-34(48)42(31)20-6-7-26-19(14-20)10-11-40(26)12-13-50-35(49)36-25-5-3-4-21-24(25)17-41(33(21)47)27-8-9-30(45)37-32(27)46/h3-7,10-11,14-16,18,27,43-44H,8-9,12-13,17H2,1-2H3,(H,36,49)(H,39,48)(H,37,45,46). The minimum Gasteiger partial charge on any atom is -0.508 e. The zero-order valence-electron chi connectivity index (χ0n) is 27.1. The molecule has 1 fully saturated rings. The normalized spacial score (nSPS) is 15.9. The third-order valence-corrected chi connectivity index (χ3v) is 9.08. The minimum atomic E-state index is -0.770. The summed E-state index contributed by atoms with van der Waals surface area (Å²) in [6, 6.07) is 14.2. The van der Waals surface area contributed by atoms with Gasteiger partial charge in [0.25, 0.3) is 5.91 Å². The van der Waals surface area contributed by atoms with E-state index in [2.05, 4.69) is 20.8 Å². The molecule has 0 aliphatic carbocycles. The Bertz CT molecular complexity index is 2270. The van der Waals surface area contributed by atoms with Crippen molar-refractivity contribution in [2.24, 2.45) is 0 Å². The molecule has 7 rings (SSSR count). The minimum absolute atomic E-state index is 0.0252. The maximum absolute atomic E-state index is 13.1. The van der Waals surface area contributed by atoms with Crippen LogP contribution in [0.15, 0.2) is 65.6 Å². The first kappa shape index (κ1) is 32.2. The number of carbonyl (C=O) groups is 4. The third-order valence-electron chi connectivity index (χ3n) is 9.08. The van der Waals surface area contributed by atoms with Gasteiger partial charge in [0.15, 0.2) is 5.82 Å². The molecule has 3 aromatic carbocycles. The van der Waals surface area contributed by atoms with Gasteiger partial charge >= 0.3 is 11.8 Å². The number of hydrogen-bond donors (Lipinski definition) is 5. The van der Waals surface area contributed by atoms with Gasteiger partial charge in [0.2, 0.25) is 11.8 Å². The molecule has 0 bridgehead atoms. The van der Waals surface area contributed by atoms with Crippen LogP contribution in [0.2, 0.25) is 0 Å². The number of nitrogens with one attached hydrogen (secondary N) is 3. The van der Waals surface area contributed by atoms with Gasteiger partial charge in [-0.2, -0.15) is 5.10 Å². The number of amides is 4. The highest BCUT2D eigenvalue weighted by Gasteiger charge is 2.40. The van der Waals surface area contributed by atoms with Crippen LogP contribution in [-0.4, -0.2) is 70.9 Å². The molecule has 1 unspecified atom stereocenters. The number of piperidine rings is 1. The van der Waals surface area contributed by atoms with E-state index < -0.39 is 23.7 Å². The molecule has 4 heterocycles. The summed E-state index contributed by atoms with van der Waals surface area (Å²) in [7, 11) is 0. The van der Waals surface area contributed by atoms with Crippen molar-refractivity contribution in [3.8, 4) is 28.6 Å². The average Bonchev–Trinajstić information content (AvgIpc) is 3.76. The Kier molecular flexibility index (Phi) is 8.09. The van der Waals surface area contributed by atoms with E-state index in [1.165, 1.54) is 15.5 Å². The number of rotatable bonds is 8. The van der Waals surface area contributed by atoms with Crippen LogP contribution in [0.4, 0.5) is 10.5 Å². The number of imide groups is 1. The SMILES string of the molecule is CC(C)c1cc(-c2n[nH]c(=O)n2-c2ccc3c(ccn3CCOC(=O)Nc3cccc4c3CN(C3CCC(=O)NC3=O)C4=O)c2)c(O)cc1O. The molecule has 2 aromatic heterocycles. The Balaban J connectivity index is 1.02. The van der Waals surface area contributed by atoms with Crippen LogP contribution in [0.5, 0.6) is 11.5 Å². The number of hydrogen-bond acceptors (Lipinski definition) is 9. The quantitative estimate of drug-likeness (QED) is 0.152. The van der Waals surface area contributed by atoms with Crippen LogP contribution in [0.25, 0.3) is 28.0 Å². The van der Waals surface area contributed by atoms with Gasteiger partial charge in [-0.15, -0.1) is 0 Å². The summed E-state index contributed by atoms with van der Waals surface area (Å²) < 4.78 is 8.70. The molecule has 15 nitrogen and oxygen atoms in total. The van der Waals surface area contributed by atoms with Crippen molar-refractivity contribution >= 4 is 40.4 Å². The second kappa shape index (κ2) is 12.6. The lowest BCUT2D eigenvalue weighted by Crippen LogP contribution is -2.52. The molecule has 5 N–H and O–H groups in total. The van der Waals surface area contributed by atoms with E-state index in [0.29, 0.717) is 34.6 Å². The number of benzene rings is 3. The summed E-state index contributed by atoms with van der Waals surface area (Å²) in [5, 5.41) is 33.3. The number of phenols is 2. The highest BCUT2D eigenvalue weighted by Crippen LogP contribution is 2.38. The van der Waals surface area contributed by atoms with E-state index in [9.17, 15) is 34.2 Å². The molecule has 0 radical (unpaired) electrons. The maximum atomic E-state index is 13.1. The summed E-state index contributed by atoms with van der Waals surface area (Å²) in [6.07, 6.45) is 1.49. The molecule has 2 aliphatic heterocycles. The molecular formula is C35H33N7O8. The van der Waals surface area contributed by atoms with Crippen molar-refractivity contribution in [3.05, 3.63) is 88.0 Å². The molecule has 2 aliphatic rings. The summed E-state index contributed by atoms with van der Waals surface area (Å²) in [4.78, 5) is 64.2. The first-order valence-corrected chi connectivity index (χ1v) is 16.0. The lowest BCUT2D eigenvalue weighted by molar-refractivity contribution is -0.136. The molecule has 50 heavy (non-hydrogen) atoms. The largest absolute Gasteiger partial charge is 0.508 e. The first-order chi connectivity index (χ1) is 24.0. The zero-order chi connectivity index (χ0) is 35.3. The highest BCUT2D eigenvalue weighted by molar-refractivity contribution is 6.06. The molecular weight excluding hydrogens is 646 g/mol. The Morgan fingerprint density at radius 1 is 1.04 bits per heavy atom. The molecule has 4 amide bonds. The lowest BCUT2D eigenvalue weighted by atomic mass is 9.98. The number of carbonyl (C=O) groups excluding carboxylic acids is 4. The van der Waals surface area contributed by atoms with E-state index in [0.717, 1.165) is 10.9 Å². The monoisotopic (exact) mass is 679 g/mol. The molecule has 256 valence electrons. The van der Waals surface area contributed by atoms with E-state index >= 15 is 0 Å². The smallest absolute Gasteiger partial charge is 0.411 e. The third kappa shape index (κ3) is 5.71. The summed E-state index contributed by atoms with van der Waals surface area (Å²) in [5.74, 6) is -1.35. The number of ether oxygens (including phenoxy) is 1. The molecule has 15 heteroatoms. The summed E-state index contributed by atoms with van der Waals surface area (Å²) in [6.45, 7) is 4.26. The van der Waals surface area contributed by atoms with Gasteiger partial charge in [0, 0.05) is 52.9 Å². The fraction of sp³-hybridized carbons (Fsp3) is 0.257. The fourth-order valence-corrected chi connectivity index (χ4v) is 6.56. The topological polar surface area (TPSA) is 201 Å². The van der Waals surface area contributed by atoms with Crippen LogP contribution in [0, 0.1) is 0 Å². The Labute approximate surface area is 284 Å². The van der Waals surface area contributed by atoms with Gasteiger partial charge < -0.3 is 24.4 Å². The van der Waals surface area contributed by atoms with Crippen molar-refractivity contribution in [2.45, 2.75) is 51.7 Å². The van der Waals surface area contributed by atoms with Crippen LogP contribution in [0.3, 0.4) is 0 Å². The van der Waals surface area contributed by atoms with Gasteiger partial charge in [-0.1, -0.05) is 19.9 Å². The van der Waals surface area contributed by atoms with Crippen molar-refractivity contribution < 1.29 is 34.1 Å². The molecule has 1 atom stereocenters. The predicted molar refractivity (Wildman–Crippen MR) is 180 cm³/mol. The van der Waals surface area contributed by atoms with E-state index in [1.54, 1.807) is 36.4 Å². The number of nitrogens with zero attached hydrogens (tertiary/aromatic N) is 4. The molecule has 0 spiro atoms. The molecule has 0 saturated carbocycles. The number of anilines is 1. The fourth-order valence-electron chi connectivity index (χ4n) is 6.56. The van der Waals surface area contributed by atoms with Crippen molar-refractivity contribution in [3.63, 3.8) is 0 Å². The maximum Gasteiger partial charge on any atom is 0.411 e. The average molecular weight is 680 g/mol.